The minimum atomic E-state index is -1.05. The van der Waals surface area contributed by atoms with E-state index in [1.807, 2.05) is 98.7 Å². The number of carboxylic acids is 1. The van der Waals surface area contributed by atoms with E-state index in [9.17, 15) is 9.90 Å². The van der Waals surface area contributed by atoms with E-state index in [0.717, 1.165) is 14.7 Å². The lowest BCUT2D eigenvalue weighted by atomic mass is 10.3. The van der Waals surface area contributed by atoms with Crippen LogP contribution in [0.25, 0.3) is 0 Å². The van der Waals surface area contributed by atoms with Crippen molar-refractivity contribution in [3.63, 3.8) is 0 Å². The second kappa shape index (κ2) is 23.2. The highest BCUT2D eigenvalue weighted by Crippen LogP contribution is 2.55. The largest absolute Gasteiger partial charge is 0.550 e. The normalized spacial score (nSPS) is 10.5. The second-order valence-electron chi connectivity index (χ2n) is 10.2. The second-order valence-corrected chi connectivity index (χ2v) is 12.0. The molecule has 3 aromatic rings. The molecule has 0 aliphatic carbocycles. The molecule has 0 unspecified atom stereocenters. The Morgan fingerprint density at radius 3 is 0.725 bits per heavy atom. The number of rotatable bonds is 22. The quantitative estimate of drug-likeness (QED) is 0.0954. The van der Waals surface area contributed by atoms with Gasteiger partial charge in [0.05, 0.1) is 59.5 Å². The molecule has 0 saturated heterocycles. The van der Waals surface area contributed by atoms with Crippen molar-refractivity contribution < 1.29 is 52.5 Å². The van der Waals surface area contributed by atoms with E-state index in [1.54, 1.807) is 0 Å². The smallest absolute Gasteiger partial charge is 0.250 e. The van der Waals surface area contributed by atoms with Crippen LogP contribution >= 0.6 is 0 Å². The van der Waals surface area contributed by atoms with Crippen molar-refractivity contribution in [3.8, 4) is 51.7 Å². The highest BCUT2D eigenvalue weighted by Gasteiger charge is 2.47. The van der Waals surface area contributed by atoms with Gasteiger partial charge in [-0.3, -0.25) is 0 Å². The van der Waals surface area contributed by atoms with Crippen LogP contribution in [-0.4, -0.2) is 65.4 Å². The number of carbonyl (C=O) groups excluding carboxylic acids is 1. The zero-order chi connectivity index (χ0) is 37.8. The van der Waals surface area contributed by atoms with Gasteiger partial charge in [-0.2, -0.15) is 0 Å². The maximum absolute atomic E-state index is 9.26. The fourth-order valence-corrected chi connectivity index (χ4v) is 7.42. The Kier molecular flexibility index (Phi) is 19.5. The molecule has 0 aliphatic rings. The van der Waals surface area contributed by atoms with Gasteiger partial charge in [0.1, 0.15) is 28.1 Å². The molecule has 0 heterocycles. The summed E-state index contributed by atoms with van der Waals surface area (Å²) in [6, 6.07) is 11.5. The molecule has 3 rings (SSSR count). The third kappa shape index (κ3) is 12.2. The van der Waals surface area contributed by atoms with E-state index >= 15 is 0 Å². The highest BCUT2D eigenvalue weighted by molar-refractivity contribution is 7.97. The Balaban J connectivity index is 0.00000168. The van der Waals surface area contributed by atoms with Crippen molar-refractivity contribution in [3.05, 3.63) is 36.4 Å². The van der Waals surface area contributed by atoms with Crippen LogP contribution in [0.1, 0.15) is 75.7 Å². The lowest BCUT2D eigenvalue weighted by Crippen LogP contribution is -2.19. The lowest BCUT2D eigenvalue weighted by molar-refractivity contribution is -0.305. The highest BCUT2D eigenvalue weighted by atomic mass is 32.2. The third-order valence-corrected chi connectivity index (χ3v) is 9.05. The van der Waals surface area contributed by atoms with Gasteiger partial charge < -0.3 is 52.5 Å². The Morgan fingerprint density at radius 1 is 0.412 bits per heavy atom. The van der Waals surface area contributed by atoms with Crippen molar-refractivity contribution in [2.75, 3.05) is 59.5 Å². The SMILES string of the molecule is CCC(=O)[O-].CCOc1cc(OCC)c([S+](c2c(OCC)cc(OCC)cc2OCC)c2c(OCC)cc(OCC)cc2OCC)c(OCC)c1. The van der Waals surface area contributed by atoms with Gasteiger partial charge in [0, 0.05) is 42.4 Å². The van der Waals surface area contributed by atoms with Gasteiger partial charge in [-0.15, -0.1) is 0 Å². The van der Waals surface area contributed by atoms with Gasteiger partial charge in [0.15, 0.2) is 34.5 Å². The summed E-state index contributed by atoms with van der Waals surface area (Å²) in [7, 11) is -1.05. The molecule has 3 aromatic carbocycles. The number of hydrogen-bond acceptors (Lipinski definition) is 11. The average molecular weight is 733 g/mol. The van der Waals surface area contributed by atoms with Gasteiger partial charge in [0.25, 0.3) is 14.7 Å². The average Bonchev–Trinajstić information content (AvgIpc) is 3.09. The summed E-state index contributed by atoms with van der Waals surface area (Å²) in [4.78, 5) is 11.6. The first-order valence-corrected chi connectivity index (χ1v) is 19.1. The van der Waals surface area contributed by atoms with Crippen LogP contribution in [0.15, 0.2) is 51.1 Å². The van der Waals surface area contributed by atoms with E-state index in [-0.39, 0.29) is 6.42 Å². The minimum absolute atomic E-state index is 0.111. The molecule has 0 spiro atoms. The van der Waals surface area contributed by atoms with E-state index in [1.165, 1.54) is 6.92 Å². The summed E-state index contributed by atoms with van der Waals surface area (Å²) < 4.78 is 56.3. The summed E-state index contributed by atoms with van der Waals surface area (Å²) in [6.45, 7) is 23.1. The van der Waals surface area contributed by atoms with Crippen molar-refractivity contribution >= 4 is 16.9 Å². The number of aliphatic carboxylic acids is 1. The molecule has 0 N–H and O–H groups in total. The number of hydrogen-bond donors (Lipinski definition) is 0. The van der Waals surface area contributed by atoms with Gasteiger partial charge >= 0.3 is 0 Å². The first-order chi connectivity index (χ1) is 24.7. The molecular formula is C39H56O11S. The summed E-state index contributed by atoms with van der Waals surface area (Å²) in [6.07, 6.45) is 0.111. The van der Waals surface area contributed by atoms with Gasteiger partial charge in [0.2, 0.25) is 0 Å². The molecule has 0 radical (unpaired) electrons. The molecule has 0 fully saturated rings. The molecule has 0 saturated carbocycles. The number of carboxylic acid groups (broad SMARTS) is 1. The standard InChI is InChI=1S/C36H51O9S.C3H6O2/c1-10-37-25-19-28(40-13-4)34(29(20-25)41-14-5)46(35-30(42-15-6)21-26(38-11-2)22-31(35)43-16-7)36-32(44-17-8)23-27(39-12-3)24-33(36)45-18-9;1-2-3(4)5/h19-24H,10-18H2,1-9H3;2H2,1H3,(H,4,5)/q+1;/p-1. The van der Waals surface area contributed by atoms with E-state index in [0.29, 0.717) is 111 Å². The number of carbonyl (C=O) groups is 1. The van der Waals surface area contributed by atoms with Crippen LogP contribution in [0.5, 0.6) is 51.7 Å². The molecule has 0 atom stereocenters. The molecule has 0 amide bonds. The first-order valence-electron chi connectivity index (χ1n) is 17.8. The minimum Gasteiger partial charge on any atom is -0.550 e. The Morgan fingerprint density at radius 2 is 0.588 bits per heavy atom. The molecule has 11 nitrogen and oxygen atoms in total. The van der Waals surface area contributed by atoms with E-state index < -0.39 is 16.9 Å². The molecule has 0 aliphatic heterocycles. The van der Waals surface area contributed by atoms with Crippen LogP contribution in [0.3, 0.4) is 0 Å². The monoisotopic (exact) mass is 732 g/mol. The summed E-state index contributed by atoms with van der Waals surface area (Å²) in [5, 5.41) is 9.26. The van der Waals surface area contributed by atoms with Crippen LogP contribution in [-0.2, 0) is 15.7 Å². The number of ether oxygens (including phenoxy) is 9. The molecule has 51 heavy (non-hydrogen) atoms. The zero-order valence-electron chi connectivity index (χ0n) is 31.9. The van der Waals surface area contributed by atoms with Crippen LogP contribution in [0, 0.1) is 0 Å². The molecule has 284 valence electrons. The van der Waals surface area contributed by atoms with Crippen LogP contribution in [0.4, 0.5) is 0 Å². The number of benzene rings is 3. The van der Waals surface area contributed by atoms with Gasteiger partial charge in [-0.05, 0) is 68.7 Å². The lowest BCUT2D eigenvalue weighted by Gasteiger charge is -2.23. The summed E-state index contributed by atoms with van der Waals surface area (Å²) >= 11 is 0. The van der Waals surface area contributed by atoms with Gasteiger partial charge in [-0.25, -0.2) is 0 Å². The van der Waals surface area contributed by atoms with Crippen molar-refractivity contribution in [2.45, 2.75) is 90.3 Å². The van der Waals surface area contributed by atoms with Crippen molar-refractivity contribution in [2.24, 2.45) is 0 Å². The van der Waals surface area contributed by atoms with Crippen molar-refractivity contribution in [1.82, 2.24) is 0 Å². The van der Waals surface area contributed by atoms with Gasteiger partial charge in [-0.1, -0.05) is 6.92 Å². The molecule has 0 bridgehead atoms. The van der Waals surface area contributed by atoms with E-state index in [2.05, 4.69) is 0 Å². The third-order valence-electron chi connectivity index (χ3n) is 6.62. The van der Waals surface area contributed by atoms with Crippen LogP contribution < -0.4 is 47.7 Å². The predicted molar refractivity (Wildman–Crippen MR) is 197 cm³/mol. The fourth-order valence-electron chi connectivity index (χ4n) is 4.89. The van der Waals surface area contributed by atoms with Crippen molar-refractivity contribution in [1.29, 1.82) is 0 Å². The Hall–Kier alpha value is -4.32. The Bertz CT molecular complexity index is 1250. The van der Waals surface area contributed by atoms with E-state index in [4.69, 9.17) is 42.6 Å². The Labute approximate surface area is 306 Å². The topological polar surface area (TPSA) is 123 Å². The summed E-state index contributed by atoms with van der Waals surface area (Å²) in [5.74, 6) is 4.59. The first kappa shape index (κ1) is 42.8. The molecular weight excluding hydrogens is 676 g/mol. The maximum Gasteiger partial charge on any atom is 0.250 e. The van der Waals surface area contributed by atoms with Crippen LogP contribution in [0.2, 0.25) is 0 Å². The maximum atomic E-state index is 9.26. The zero-order valence-corrected chi connectivity index (χ0v) is 32.8. The molecule has 12 heteroatoms. The summed E-state index contributed by atoms with van der Waals surface area (Å²) in [5.41, 5.74) is 0. The predicted octanol–water partition coefficient (Wildman–Crippen LogP) is 7.52. The fraction of sp³-hybridized carbons (Fsp3) is 0.513. The molecule has 0 aromatic heterocycles.